The minimum Gasteiger partial charge on any atom is -0.208 e. The van der Waals surface area contributed by atoms with Gasteiger partial charge in [0.25, 0.3) is 0 Å². The molecule has 1 heterocycles. The first-order valence-corrected chi connectivity index (χ1v) is 18.3. The molecule has 9 aromatic carbocycles. The predicted octanol–water partition coefficient (Wildman–Crippen LogP) is 13.3. The van der Waals surface area contributed by atoms with Crippen LogP contribution in [-0.4, -0.2) is 15.0 Å². The van der Waals surface area contributed by atoms with Crippen molar-refractivity contribution in [2.45, 2.75) is 0 Å². The van der Waals surface area contributed by atoms with Crippen molar-refractivity contribution in [3.8, 4) is 67.5 Å². The minimum atomic E-state index is 0.632. The lowest BCUT2D eigenvalue weighted by molar-refractivity contribution is 1.08. The lowest BCUT2D eigenvalue weighted by Crippen LogP contribution is -2.01. The quantitative estimate of drug-likeness (QED) is 0.175. The molecule has 0 saturated heterocycles. The Kier molecular flexibility index (Phi) is 7.81. The van der Waals surface area contributed by atoms with Crippen molar-refractivity contribution < 1.29 is 0 Å². The number of fused-ring (bicyclic) bond motifs is 3. The van der Waals surface area contributed by atoms with Gasteiger partial charge in [-0.1, -0.05) is 176 Å². The summed E-state index contributed by atoms with van der Waals surface area (Å²) >= 11 is 0. The van der Waals surface area contributed by atoms with Crippen LogP contribution in [0.1, 0.15) is 0 Å². The Balaban J connectivity index is 1.11. The van der Waals surface area contributed by atoms with Crippen LogP contribution in [0.15, 0.2) is 200 Å². The highest BCUT2D eigenvalue weighted by Crippen LogP contribution is 2.35. The third-order valence-electron chi connectivity index (χ3n) is 10.3. The van der Waals surface area contributed by atoms with Crippen molar-refractivity contribution in [2.24, 2.45) is 0 Å². The molecule has 0 N–H and O–H groups in total. The summed E-state index contributed by atoms with van der Waals surface area (Å²) in [5, 5.41) is 7.14. The Morgan fingerprint density at radius 2 is 0.648 bits per heavy atom. The normalized spacial score (nSPS) is 11.3. The molecule has 3 nitrogen and oxygen atoms in total. The topological polar surface area (TPSA) is 38.7 Å². The van der Waals surface area contributed by atoms with Gasteiger partial charge in [-0.15, -0.1) is 0 Å². The molecule has 0 amide bonds. The predicted molar refractivity (Wildman–Crippen MR) is 225 cm³/mol. The van der Waals surface area contributed by atoms with Gasteiger partial charge in [0.15, 0.2) is 17.5 Å². The van der Waals surface area contributed by atoms with Crippen molar-refractivity contribution >= 4 is 32.3 Å². The van der Waals surface area contributed by atoms with E-state index in [0.717, 1.165) is 49.7 Å². The van der Waals surface area contributed by atoms with E-state index in [1.54, 1.807) is 0 Å². The molecule has 0 radical (unpaired) electrons. The number of rotatable bonds is 6. The van der Waals surface area contributed by atoms with Crippen LogP contribution in [0.5, 0.6) is 0 Å². The summed E-state index contributed by atoms with van der Waals surface area (Å²) in [6, 6.07) is 70.7. The van der Waals surface area contributed by atoms with E-state index in [9.17, 15) is 0 Å². The van der Waals surface area contributed by atoms with E-state index in [0.29, 0.717) is 17.5 Å². The number of benzene rings is 9. The van der Waals surface area contributed by atoms with Crippen molar-refractivity contribution in [3.63, 3.8) is 0 Å². The zero-order valence-corrected chi connectivity index (χ0v) is 29.4. The first kappa shape index (κ1) is 31.5. The largest absolute Gasteiger partial charge is 0.208 e. The van der Waals surface area contributed by atoms with Crippen molar-refractivity contribution in [1.29, 1.82) is 0 Å². The van der Waals surface area contributed by atoms with Crippen molar-refractivity contribution in [3.05, 3.63) is 200 Å². The van der Waals surface area contributed by atoms with E-state index in [-0.39, 0.29) is 0 Å². The fourth-order valence-corrected chi connectivity index (χ4v) is 7.42. The molecule has 252 valence electrons. The SMILES string of the molecule is c1ccc(-c2cccc(-c3nc(-c4ccc(-c5ccc6ccccc6c5)cc4)nc(-c4cccc5ccc(-c6ccc7ccccc7c6)cc45)n3)c2)cc1. The molecular weight excluding hydrogens is 655 g/mol. The monoisotopic (exact) mass is 687 g/mol. The molecule has 10 aromatic rings. The maximum atomic E-state index is 5.20. The van der Waals surface area contributed by atoms with E-state index in [4.69, 9.17) is 15.0 Å². The van der Waals surface area contributed by atoms with Gasteiger partial charge < -0.3 is 0 Å². The van der Waals surface area contributed by atoms with Gasteiger partial charge in [0.2, 0.25) is 0 Å². The van der Waals surface area contributed by atoms with Gasteiger partial charge in [-0.2, -0.15) is 0 Å². The summed E-state index contributed by atoms with van der Waals surface area (Å²) in [7, 11) is 0. The average Bonchev–Trinajstić information content (AvgIpc) is 3.26. The summed E-state index contributed by atoms with van der Waals surface area (Å²) in [5.74, 6) is 1.90. The van der Waals surface area contributed by atoms with Gasteiger partial charge in [-0.05, 0) is 90.0 Å². The smallest absolute Gasteiger partial charge is 0.164 e. The molecule has 0 fully saturated rings. The highest BCUT2D eigenvalue weighted by molar-refractivity contribution is 5.99. The van der Waals surface area contributed by atoms with Crippen LogP contribution < -0.4 is 0 Å². The molecule has 0 saturated carbocycles. The molecule has 0 atom stereocenters. The number of aromatic nitrogens is 3. The third kappa shape index (κ3) is 5.98. The van der Waals surface area contributed by atoms with Gasteiger partial charge in [0.05, 0.1) is 0 Å². The van der Waals surface area contributed by atoms with Crippen molar-refractivity contribution in [1.82, 2.24) is 15.0 Å². The lowest BCUT2D eigenvalue weighted by atomic mass is 9.96. The van der Waals surface area contributed by atoms with Crippen LogP contribution >= 0.6 is 0 Å². The highest BCUT2D eigenvalue weighted by atomic mass is 15.0. The summed E-state index contributed by atoms with van der Waals surface area (Å²) in [4.78, 5) is 15.5. The van der Waals surface area contributed by atoms with Crippen LogP contribution in [0.2, 0.25) is 0 Å². The zero-order valence-electron chi connectivity index (χ0n) is 29.4. The number of hydrogen-bond donors (Lipinski definition) is 0. The molecular formula is C51H33N3. The van der Waals surface area contributed by atoms with Gasteiger partial charge in [-0.3, -0.25) is 0 Å². The average molecular weight is 688 g/mol. The summed E-state index contributed by atoms with van der Waals surface area (Å²) < 4.78 is 0. The minimum absolute atomic E-state index is 0.632. The van der Waals surface area contributed by atoms with Gasteiger partial charge >= 0.3 is 0 Å². The second-order valence-corrected chi connectivity index (χ2v) is 13.7. The van der Waals surface area contributed by atoms with E-state index < -0.39 is 0 Å². The molecule has 10 rings (SSSR count). The molecule has 1 aromatic heterocycles. The molecule has 0 aliphatic carbocycles. The zero-order chi connectivity index (χ0) is 35.8. The second-order valence-electron chi connectivity index (χ2n) is 13.7. The number of hydrogen-bond acceptors (Lipinski definition) is 3. The lowest BCUT2D eigenvalue weighted by Gasteiger charge is -2.12. The molecule has 0 unspecified atom stereocenters. The molecule has 3 heteroatoms. The van der Waals surface area contributed by atoms with Crippen LogP contribution in [0.3, 0.4) is 0 Å². The first-order valence-electron chi connectivity index (χ1n) is 18.3. The standard InChI is InChI=1S/C51H33N3/c1-2-10-34(11-3-1)42-17-8-18-46(32-42)50-52-49(39-25-20-37(21-26-39)43-27-22-35-12-4-6-14-40(35)30-43)53-51(54-50)47-19-9-16-38-24-29-45(33-48(38)47)44-28-23-36-13-5-7-15-41(36)31-44/h1-33H. The summed E-state index contributed by atoms with van der Waals surface area (Å²) in [5.41, 5.74) is 9.73. The van der Waals surface area contributed by atoms with Crippen LogP contribution in [0.4, 0.5) is 0 Å². The summed E-state index contributed by atoms with van der Waals surface area (Å²) in [6.45, 7) is 0. The summed E-state index contributed by atoms with van der Waals surface area (Å²) in [6.07, 6.45) is 0. The molecule has 54 heavy (non-hydrogen) atoms. The van der Waals surface area contributed by atoms with Crippen LogP contribution in [0.25, 0.3) is 99.9 Å². The van der Waals surface area contributed by atoms with Gasteiger partial charge in [-0.25, -0.2) is 15.0 Å². The Hall–Kier alpha value is -7.23. The maximum Gasteiger partial charge on any atom is 0.164 e. The Labute approximate surface area is 313 Å². The van der Waals surface area contributed by atoms with Crippen LogP contribution in [0, 0.1) is 0 Å². The van der Waals surface area contributed by atoms with E-state index >= 15 is 0 Å². The maximum absolute atomic E-state index is 5.20. The van der Waals surface area contributed by atoms with Crippen LogP contribution in [-0.2, 0) is 0 Å². The molecule has 0 aliphatic heterocycles. The molecule has 0 spiro atoms. The van der Waals surface area contributed by atoms with Crippen molar-refractivity contribution in [2.75, 3.05) is 0 Å². The Bertz CT molecular complexity index is 2990. The van der Waals surface area contributed by atoms with Gasteiger partial charge in [0.1, 0.15) is 0 Å². The molecule has 0 bridgehead atoms. The third-order valence-corrected chi connectivity index (χ3v) is 10.3. The molecule has 0 aliphatic rings. The second kappa shape index (κ2) is 13.4. The van der Waals surface area contributed by atoms with E-state index in [1.165, 1.54) is 32.7 Å². The van der Waals surface area contributed by atoms with Gasteiger partial charge in [0, 0.05) is 16.7 Å². The first-order chi connectivity index (χ1) is 26.7. The Morgan fingerprint density at radius 3 is 1.35 bits per heavy atom. The Morgan fingerprint density at radius 1 is 0.222 bits per heavy atom. The number of nitrogens with zero attached hydrogens (tertiary/aromatic N) is 3. The fourth-order valence-electron chi connectivity index (χ4n) is 7.42. The van der Waals surface area contributed by atoms with E-state index in [1.807, 2.05) is 6.07 Å². The highest BCUT2D eigenvalue weighted by Gasteiger charge is 2.16. The fraction of sp³-hybridized carbons (Fsp3) is 0. The van der Waals surface area contributed by atoms with E-state index in [2.05, 4.69) is 194 Å².